The molecule has 2 nitrogen and oxygen atoms in total. The van der Waals surface area contributed by atoms with E-state index in [1.54, 1.807) is 0 Å². The molecule has 1 heterocycles. The van der Waals surface area contributed by atoms with Crippen molar-refractivity contribution in [3.05, 3.63) is 12.2 Å². The summed E-state index contributed by atoms with van der Waals surface area (Å²) in [5.74, 6) is -0.311. The summed E-state index contributed by atoms with van der Waals surface area (Å²) in [5, 5.41) is 2.79. The highest BCUT2D eigenvalue weighted by molar-refractivity contribution is 6.59. The van der Waals surface area contributed by atoms with Gasteiger partial charge >= 0.3 is 0 Å². The lowest BCUT2D eigenvalue weighted by molar-refractivity contribution is -0.120. The maximum Gasteiger partial charge on any atom is 0.257 e. The van der Waals surface area contributed by atoms with Gasteiger partial charge in [-0.2, -0.15) is 0 Å². The second-order valence-electron chi connectivity index (χ2n) is 3.23. The van der Waals surface area contributed by atoms with Gasteiger partial charge in [0.1, 0.15) is 0 Å². The molecule has 1 saturated heterocycles. The Morgan fingerprint density at radius 1 is 1.58 bits per heavy atom. The Kier molecular flexibility index (Phi) is 1.85. The first kappa shape index (κ1) is 8.39. The summed E-state index contributed by atoms with van der Waals surface area (Å²) in [5.41, 5.74) is 0. The van der Waals surface area contributed by atoms with Crippen LogP contribution >= 0.6 is 23.2 Å². The zero-order valence-corrected chi connectivity index (χ0v) is 7.90. The van der Waals surface area contributed by atoms with Crippen LogP contribution in [0.1, 0.15) is 12.8 Å². The van der Waals surface area contributed by atoms with E-state index in [1.807, 2.05) is 12.2 Å². The maximum atomic E-state index is 11.3. The fraction of sp³-hybridized carbons (Fsp3) is 0.625. The zero-order valence-electron chi connectivity index (χ0n) is 6.39. The van der Waals surface area contributed by atoms with Gasteiger partial charge in [-0.25, -0.2) is 0 Å². The second kappa shape index (κ2) is 2.64. The average molecular weight is 206 g/mol. The minimum atomic E-state index is -1.25. The van der Waals surface area contributed by atoms with Gasteiger partial charge in [0.25, 0.3) is 5.91 Å². The Hall–Kier alpha value is -0.210. The van der Waals surface area contributed by atoms with Gasteiger partial charge in [-0.3, -0.25) is 4.79 Å². The molecule has 4 heteroatoms. The normalized spacial score (nSPS) is 37.7. The van der Waals surface area contributed by atoms with Crippen molar-refractivity contribution in [2.24, 2.45) is 5.92 Å². The largest absolute Gasteiger partial charge is 0.350 e. The number of amides is 1. The molecule has 0 unspecified atom stereocenters. The summed E-state index contributed by atoms with van der Waals surface area (Å²) in [6, 6.07) is 0.137. The summed E-state index contributed by atoms with van der Waals surface area (Å²) in [7, 11) is 0. The number of alkyl halides is 2. The summed E-state index contributed by atoms with van der Waals surface area (Å²) in [4.78, 5) is 11.3. The second-order valence-corrected chi connectivity index (χ2v) is 4.62. The van der Waals surface area contributed by atoms with Crippen molar-refractivity contribution < 1.29 is 4.79 Å². The van der Waals surface area contributed by atoms with Crippen molar-refractivity contribution in [3.8, 4) is 0 Å². The Labute approximate surface area is 80.9 Å². The molecule has 1 fully saturated rings. The van der Waals surface area contributed by atoms with Crippen LogP contribution in [0, 0.1) is 5.92 Å². The van der Waals surface area contributed by atoms with Crippen molar-refractivity contribution in [2.45, 2.75) is 23.2 Å². The molecule has 1 aliphatic heterocycles. The van der Waals surface area contributed by atoms with Crippen LogP contribution < -0.4 is 5.32 Å². The van der Waals surface area contributed by atoms with Crippen LogP contribution in [0.15, 0.2) is 12.2 Å². The third-order valence-electron chi connectivity index (χ3n) is 2.46. The highest BCUT2D eigenvalue weighted by atomic mass is 35.5. The van der Waals surface area contributed by atoms with E-state index in [4.69, 9.17) is 23.2 Å². The van der Waals surface area contributed by atoms with Gasteiger partial charge in [-0.1, -0.05) is 35.4 Å². The van der Waals surface area contributed by atoms with E-state index in [0.29, 0.717) is 0 Å². The predicted molar refractivity (Wildman–Crippen MR) is 48.2 cm³/mol. The summed E-state index contributed by atoms with van der Waals surface area (Å²) in [6.07, 6.45) is 5.90. The lowest BCUT2D eigenvalue weighted by Gasteiger charge is -2.23. The highest BCUT2D eigenvalue weighted by Crippen LogP contribution is 2.41. The minimum Gasteiger partial charge on any atom is -0.350 e. The van der Waals surface area contributed by atoms with E-state index >= 15 is 0 Å². The monoisotopic (exact) mass is 205 g/mol. The maximum absolute atomic E-state index is 11.3. The van der Waals surface area contributed by atoms with Crippen LogP contribution in [0.5, 0.6) is 0 Å². The third kappa shape index (κ3) is 1.05. The molecule has 12 heavy (non-hydrogen) atoms. The highest BCUT2D eigenvalue weighted by Gasteiger charge is 2.52. The van der Waals surface area contributed by atoms with Crippen LogP contribution in [-0.4, -0.2) is 16.3 Å². The summed E-state index contributed by atoms with van der Waals surface area (Å²) in [6.45, 7) is 0. The van der Waals surface area contributed by atoms with Crippen LogP contribution in [0.3, 0.4) is 0 Å². The van der Waals surface area contributed by atoms with E-state index in [-0.39, 0.29) is 17.9 Å². The summed E-state index contributed by atoms with van der Waals surface area (Å²) >= 11 is 11.8. The molecule has 2 rings (SSSR count). The first-order valence-corrected chi connectivity index (χ1v) is 4.73. The number of nitrogens with one attached hydrogen (secondary N) is 1. The number of carbonyl (C=O) groups excluding carboxylic acids is 1. The molecule has 2 atom stereocenters. The van der Waals surface area contributed by atoms with Crippen molar-refractivity contribution in [2.75, 3.05) is 0 Å². The van der Waals surface area contributed by atoms with Gasteiger partial charge in [-0.05, 0) is 12.8 Å². The van der Waals surface area contributed by atoms with E-state index in [1.165, 1.54) is 0 Å². The molecule has 1 aliphatic carbocycles. The Morgan fingerprint density at radius 2 is 2.33 bits per heavy atom. The van der Waals surface area contributed by atoms with Crippen LogP contribution in [-0.2, 0) is 4.79 Å². The van der Waals surface area contributed by atoms with E-state index in [9.17, 15) is 4.79 Å². The topological polar surface area (TPSA) is 29.1 Å². The molecule has 0 radical (unpaired) electrons. The average Bonchev–Trinajstić information content (AvgIpc) is 2.25. The predicted octanol–water partition coefficient (Wildman–Crippen LogP) is 1.62. The molecule has 0 aromatic carbocycles. The van der Waals surface area contributed by atoms with Gasteiger partial charge in [0.05, 0.1) is 0 Å². The van der Waals surface area contributed by atoms with Crippen LogP contribution in [0.25, 0.3) is 0 Å². The van der Waals surface area contributed by atoms with Gasteiger partial charge in [0.15, 0.2) is 0 Å². The van der Waals surface area contributed by atoms with Crippen LogP contribution in [0.2, 0.25) is 0 Å². The first-order chi connectivity index (χ1) is 5.62. The molecule has 0 aromatic heterocycles. The standard InChI is InChI=1S/C8H9Cl2NO/c9-8(10)5-3-1-2-4-6(5)11-7(8)12/h1,3,5-6H,2,4H2,(H,11,12)/t5-,6+/m0/s1. The SMILES string of the molecule is O=C1N[C@@H]2CCC=C[C@@H]2C1(Cl)Cl. The number of hydrogen-bond acceptors (Lipinski definition) is 1. The summed E-state index contributed by atoms with van der Waals surface area (Å²) < 4.78 is -1.25. The van der Waals surface area contributed by atoms with Crippen molar-refractivity contribution >= 4 is 29.1 Å². The molecular formula is C8H9Cl2NO. The van der Waals surface area contributed by atoms with E-state index < -0.39 is 4.33 Å². The molecular weight excluding hydrogens is 197 g/mol. The van der Waals surface area contributed by atoms with Crippen LogP contribution in [0.4, 0.5) is 0 Å². The lowest BCUT2D eigenvalue weighted by atomic mass is 9.91. The molecule has 0 saturated carbocycles. The van der Waals surface area contributed by atoms with Gasteiger partial charge < -0.3 is 5.32 Å². The molecule has 0 aromatic rings. The first-order valence-electron chi connectivity index (χ1n) is 3.98. The van der Waals surface area contributed by atoms with Gasteiger partial charge in [0, 0.05) is 12.0 Å². The number of allylic oxidation sites excluding steroid dienone is 1. The molecule has 1 N–H and O–H groups in total. The minimum absolute atomic E-state index is 0.0536. The number of carbonyl (C=O) groups is 1. The fourth-order valence-corrected chi connectivity index (χ4v) is 2.34. The number of halogens is 2. The fourth-order valence-electron chi connectivity index (χ4n) is 1.78. The third-order valence-corrected chi connectivity index (χ3v) is 3.31. The van der Waals surface area contributed by atoms with E-state index in [2.05, 4.69) is 5.32 Å². The van der Waals surface area contributed by atoms with Crippen molar-refractivity contribution in [1.82, 2.24) is 5.32 Å². The Morgan fingerprint density at radius 3 is 3.00 bits per heavy atom. The van der Waals surface area contributed by atoms with Crippen molar-refractivity contribution in [3.63, 3.8) is 0 Å². The molecule has 2 aliphatic rings. The quantitative estimate of drug-likeness (QED) is 0.473. The van der Waals surface area contributed by atoms with E-state index in [0.717, 1.165) is 12.8 Å². The number of hydrogen-bond donors (Lipinski definition) is 1. The molecule has 0 spiro atoms. The smallest absolute Gasteiger partial charge is 0.257 e. The molecule has 66 valence electrons. The number of rotatable bonds is 0. The van der Waals surface area contributed by atoms with Crippen molar-refractivity contribution in [1.29, 1.82) is 0 Å². The van der Waals surface area contributed by atoms with Gasteiger partial charge in [-0.15, -0.1) is 0 Å². The van der Waals surface area contributed by atoms with Gasteiger partial charge in [0.2, 0.25) is 4.33 Å². The Balaban J connectivity index is 2.32. The molecule has 0 bridgehead atoms. The number of fused-ring (bicyclic) bond motifs is 1. The molecule has 1 amide bonds. The Bertz CT molecular complexity index is 249. The lowest BCUT2D eigenvalue weighted by Crippen LogP contribution is -2.29. The zero-order chi connectivity index (χ0) is 8.77.